The molecule has 0 spiro atoms. The van der Waals surface area contributed by atoms with E-state index >= 15 is 0 Å². The summed E-state index contributed by atoms with van der Waals surface area (Å²) in [5.41, 5.74) is 3.20. The van der Waals surface area contributed by atoms with Gasteiger partial charge in [-0.25, -0.2) is 4.79 Å². The number of hydrogen-bond acceptors (Lipinski definition) is 6. The summed E-state index contributed by atoms with van der Waals surface area (Å²) >= 11 is 1.69. The van der Waals surface area contributed by atoms with Crippen molar-refractivity contribution in [3.8, 4) is 5.75 Å². The minimum atomic E-state index is -1.06. The smallest absolute Gasteiger partial charge is 0.349 e. The van der Waals surface area contributed by atoms with Crippen molar-refractivity contribution in [2.45, 2.75) is 57.6 Å². The maximum atomic E-state index is 13.7. The fourth-order valence-electron chi connectivity index (χ4n) is 5.45. The minimum absolute atomic E-state index is 0.0297. The molecule has 1 saturated heterocycles. The van der Waals surface area contributed by atoms with Gasteiger partial charge >= 0.3 is 5.97 Å². The van der Waals surface area contributed by atoms with E-state index in [1.165, 1.54) is 16.0 Å². The zero-order valence-electron chi connectivity index (χ0n) is 24.3. The molecule has 0 aliphatic carbocycles. The van der Waals surface area contributed by atoms with E-state index in [9.17, 15) is 9.59 Å². The number of esters is 1. The molecule has 1 fully saturated rings. The first-order valence-corrected chi connectivity index (χ1v) is 15.3. The van der Waals surface area contributed by atoms with Gasteiger partial charge in [0.25, 0.3) is 0 Å². The van der Waals surface area contributed by atoms with Crippen LogP contribution in [-0.4, -0.2) is 48.2 Å². The van der Waals surface area contributed by atoms with Gasteiger partial charge in [0.1, 0.15) is 5.75 Å². The molecule has 40 heavy (non-hydrogen) atoms. The Bertz CT molecular complexity index is 1290. The molecule has 212 valence electrons. The lowest BCUT2D eigenvalue weighted by Crippen LogP contribution is -2.39. The molecular formula is C34H41NO4S. The van der Waals surface area contributed by atoms with Crippen LogP contribution in [0.1, 0.15) is 54.2 Å². The van der Waals surface area contributed by atoms with E-state index in [0.717, 1.165) is 43.6 Å². The van der Waals surface area contributed by atoms with Crippen LogP contribution in [0.25, 0.3) is 0 Å². The van der Waals surface area contributed by atoms with Crippen molar-refractivity contribution in [2.75, 3.05) is 26.0 Å². The molecule has 0 radical (unpaired) electrons. The first-order valence-electron chi connectivity index (χ1n) is 14.1. The normalized spacial score (nSPS) is 17.5. The van der Waals surface area contributed by atoms with E-state index in [1.54, 1.807) is 32.5 Å². The van der Waals surface area contributed by atoms with Gasteiger partial charge in [0, 0.05) is 36.0 Å². The number of nitrogens with zero attached hydrogens (tertiary/aromatic N) is 1. The van der Waals surface area contributed by atoms with E-state index in [0.29, 0.717) is 12.4 Å². The van der Waals surface area contributed by atoms with Gasteiger partial charge in [0.05, 0.1) is 6.61 Å². The Hall–Kier alpha value is -3.09. The molecule has 1 heterocycles. The Morgan fingerprint density at radius 2 is 1.70 bits per heavy atom. The molecule has 1 aliphatic rings. The molecule has 3 aromatic rings. The highest BCUT2D eigenvalue weighted by atomic mass is 32.2. The van der Waals surface area contributed by atoms with Crippen LogP contribution in [0.3, 0.4) is 0 Å². The van der Waals surface area contributed by atoms with E-state index in [1.807, 2.05) is 49.6 Å². The predicted octanol–water partition coefficient (Wildman–Crippen LogP) is 7.00. The second-order valence-electron chi connectivity index (χ2n) is 11.1. The molecule has 0 aromatic heterocycles. The Balaban J connectivity index is 1.46. The highest BCUT2D eigenvalue weighted by Crippen LogP contribution is 2.33. The number of likely N-dealkylation sites (tertiary alicyclic amines) is 1. The molecule has 0 saturated carbocycles. The number of carbonyl (C=O) groups is 2. The van der Waals surface area contributed by atoms with Gasteiger partial charge in [-0.15, -0.1) is 11.8 Å². The summed E-state index contributed by atoms with van der Waals surface area (Å²) in [5.74, 6) is 0.791. The standard InChI is InChI=1S/C34H41NO4S/c1-6-38-33(37)34(3,4)39-31-19-13-25(20-24(31)2)12-14-28-22-35(21-26-10-8-7-9-11-26)23-30(28)32(36)27-15-17-29(40-5)18-16-27/h7-11,13,15-20,28,30H,6,12,14,21-23H2,1-5H3/t28-,30-/m0/s1. The summed E-state index contributed by atoms with van der Waals surface area (Å²) < 4.78 is 11.2. The predicted molar refractivity (Wildman–Crippen MR) is 162 cm³/mol. The number of thioether (sulfide) groups is 1. The molecular weight excluding hydrogens is 518 g/mol. The van der Waals surface area contributed by atoms with Gasteiger partial charge in [-0.2, -0.15) is 0 Å². The summed E-state index contributed by atoms with van der Waals surface area (Å²) in [7, 11) is 0. The number of hydrogen-bond donors (Lipinski definition) is 0. The van der Waals surface area contributed by atoms with Crippen molar-refractivity contribution < 1.29 is 19.1 Å². The summed E-state index contributed by atoms with van der Waals surface area (Å²) in [6.45, 7) is 10.1. The Kier molecular flexibility index (Phi) is 10.1. The first kappa shape index (κ1) is 29.9. The maximum Gasteiger partial charge on any atom is 0.349 e. The third kappa shape index (κ3) is 7.55. The number of aryl methyl sites for hydroxylation is 2. The lowest BCUT2D eigenvalue weighted by molar-refractivity contribution is -0.158. The van der Waals surface area contributed by atoms with Gasteiger partial charge < -0.3 is 9.47 Å². The second-order valence-corrected chi connectivity index (χ2v) is 12.0. The van der Waals surface area contributed by atoms with E-state index in [2.05, 4.69) is 41.3 Å². The lowest BCUT2D eigenvalue weighted by Gasteiger charge is -2.25. The summed E-state index contributed by atoms with van der Waals surface area (Å²) in [5, 5.41) is 0. The van der Waals surface area contributed by atoms with Crippen LogP contribution in [-0.2, 0) is 22.5 Å². The molecule has 5 nitrogen and oxygen atoms in total. The monoisotopic (exact) mass is 559 g/mol. The first-order chi connectivity index (χ1) is 19.2. The van der Waals surface area contributed by atoms with Crippen LogP contribution < -0.4 is 4.74 Å². The van der Waals surface area contributed by atoms with Crippen molar-refractivity contribution in [3.63, 3.8) is 0 Å². The number of benzene rings is 3. The van der Waals surface area contributed by atoms with Gasteiger partial charge in [-0.05, 0) is 87.6 Å². The summed E-state index contributed by atoms with van der Waals surface area (Å²) in [6, 6.07) is 24.7. The average Bonchev–Trinajstić information content (AvgIpc) is 3.35. The van der Waals surface area contributed by atoms with Crippen molar-refractivity contribution >= 4 is 23.5 Å². The highest BCUT2D eigenvalue weighted by molar-refractivity contribution is 7.98. The van der Waals surface area contributed by atoms with Gasteiger partial charge in [0.15, 0.2) is 11.4 Å². The molecule has 6 heteroatoms. The number of ether oxygens (including phenoxy) is 2. The fourth-order valence-corrected chi connectivity index (χ4v) is 5.85. The van der Waals surface area contributed by atoms with E-state index < -0.39 is 5.60 Å². The van der Waals surface area contributed by atoms with Gasteiger partial charge in [-0.1, -0.05) is 54.6 Å². The Morgan fingerprint density at radius 3 is 2.35 bits per heavy atom. The highest BCUT2D eigenvalue weighted by Gasteiger charge is 2.37. The molecule has 4 rings (SSSR count). The average molecular weight is 560 g/mol. The van der Waals surface area contributed by atoms with Crippen molar-refractivity contribution in [1.82, 2.24) is 4.90 Å². The molecule has 3 aromatic carbocycles. The van der Waals surface area contributed by atoms with Crippen LogP contribution in [0, 0.1) is 18.8 Å². The van der Waals surface area contributed by atoms with Crippen molar-refractivity contribution in [1.29, 1.82) is 0 Å². The number of ketones is 1. The molecule has 2 atom stereocenters. The second kappa shape index (κ2) is 13.5. The van der Waals surface area contributed by atoms with Gasteiger partial charge in [-0.3, -0.25) is 9.69 Å². The van der Waals surface area contributed by atoms with Crippen molar-refractivity contribution in [3.05, 3.63) is 95.1 Å². The third-order valence-corrected chi connectivity index (χ3v) is 8.40. The van der Waals surface area contributed by atoms with Crippen LogP contribution in [0.2, 0.25) is 0 Å². The largest absolute Gasteiger partial charge is 0.476 e. The molecule has 1 aliphatic heterocycles. The van der Waals surface area contributed by atoms with E-state index in [4.69, 9.17) is 9.47 Å². The molecule has 0 bridgehead atoms. The maximum absolute atomic E-state index is 13.7. The summed E-state index contributed by atoms with van der Waals surface area (Å²) in [6.07, 6.45) is 3.85. The van der Waals surface area contributed by atoms with E-state index in [-0.39, 0.29) is 23.6 Å². The number of Topliss-reactive ketones (excluding diaryl/α,β-unsaturated/α-hetero) is 1. The minimum Gasteiger partial charge on any atom is -0.476 e. The lowest BCUT2D eigenvalue weighted by atomic mass is 9.84. The zero-order chi connectivity index (χ0) is 28.7. The quantitative estimate of drug-likeness (QED) is 0.135. The molecule has 0 amide bonds. The summed E-state index contributed by atoms with van der Waals surface area (Å²) in [4.78, 5) is 29.6. The number of rotatable bonds is 12. The van der Waals surface area contributed by atoms with Crippen LogP contribution in [0.15, 0.2) is 77.7 Å². The number of carbonyl (C=O) groups excluding carboxylic acids is 2. The zero-order valence-corrected chi connectivity index (χ0v) is 25.1. The third-order valence-electron chi connectivity index (χ3n) is 7.65. The van der Waals surface area contributed by atoms with Crippen molar-refractivity contribution in [2.24, 2.45) is 11.8 Å². The molecule has 0 unspecified atom stereocenters. The van der Waals surface area contributed by atoms with Crippen LogP contribution in [0.4, 0.5) is 0 Å². The Morgan fingerprint density at radius 1 is 0.975 bits per heavy atom. The van der Waals surface area contributed by atoms with Crippen LogP contribution in [0.5, 0.6) is 5.75 Å². The fraction of sp³-hybridized carbons (Fsp3) is 0.412. The van der Waals surface area contributed by atoms with Crippen LogP contribution >= 0.6 is 11.8 Å². The SMILES string of the molecule is CCOC(=O)C(C)(C)Oc1ccc(CC[C@H]2CN(Cc3ccccc3)C[C@@H]2C(=O)c2ccc(SC)cc2)cc1C. The topological polar surface area (TPSA) is 55.8 Å². The molecule has 0 N–H and O–H groups in total. The Labute approximate surface area is 243 Å². The van der Waals surface area contributed by atoms with Gasteiger partial charge in [0.2, 0.25) is 0 Å².